The van der Waals surface area contributed by atoms with Gasteiger partial charge in [-0.1, -0.05) is 28.1 Å². The van der Waals surface area contributed by atoms with E-state index in [1.54, 1.807) is 19.0 Å². The van der Waals surface area contributed by atoms with Crippen LogP contribution in [0.3, 0.4) is 0 Å². The Morgan fingerprint density at radius 1 is 1.27 bits per heavy atom. The molecule has 1 saturated carbocycles. The maximum atomic E-state index is 11.7. The summed E-state index contributed by atoms with van der Waals surface area (Å²) >= 11 is 3.42. The molecular formula is C16H23BrN4O. The first kappa shape index (κ1) is 16.8. The molecule has 0 unspecified atom stereocenters. The molecule has 1 amide bonds. The molecule has 2 N–H and O–H groups in total. The molecule has 0 atom stereocenters. The fraction of sp³-hybridized carbons (Fsp3) is 0.500. The second-order valence-electron chi connectivity index (χ2n) is 5.76. The van der Waals surface area contributed by atoms with Crippen molar-refractivity contribution in [3.63, 3.8) is 0 Å². The Hall–Kier alpha value is -1.56. The molecule has 1 aromatic carbocycles. The molecule has 5 nitrogen and oxygen atoms in total. The minimum atomic E-state index is 0.0320. The van der Waals surface area contributed by atoms with Crippen LogP contribution >= 0.6 is 15.9 Å². The lowest BCUT2D eigenvalue weighted by molar-refractivity contribution is -0.127. The molecule has 0 radical (unpaired) electrons. The predicted molar refractivity (Wildman–Crippen MR) is 92.7 cm³/mol. The van der Waals surface area contributed by atoms with E-state index < -0.39 is 0 Å². The van der Waals surface area contributed by atoms with Crippen molar-refractivity contribution in [3.8, 4) is 0 Å². The summed E-state index contributed by atoms with van der Waals surface area (Å²) in [6.45, 7) is 1.76. The quantitative estimate of drug-likeness (QED) is 0.597. The number of guanidine groups is 1. The van der Waals surface area contributed by atoms with Gasteiger partial charge in [0.05, 0.1) is 13.1 Å². The van der Waals surface area contributed by atoms with Gasteiger partial charge in [0.15, 0.2) is 5.96 Å². The summed E-state index contributed by atoms with van der Waals surface area (Å²) in [6.07, 6.45) is 2.56. The zero-order chi connectivity index (χ0) is 15.9. The Morgan fingerprint density at radius 3 is 2.55 bits per heavy atom. The molecule has 22 heavy (non-hydrogen) atoms. The lowest BCUT2D eigenvalue weighted by Gasteiger charge is -2.14. The summed E-state index contributed by atoms with van der Waals surface area (Å²) in [5, 5.41) is 6.42. The van der Waals surface area contributed by atoms with E-state index >= 15 is 0 Å². The molecule has 6 heteroatoms. The first-order valence-electron chi connectivity index (χ1n) is 7.51. The third kappa shape index (κ3) is 6.05. The number of benzene rings is 1. The van der Waals surface area contributed by atoms with Crippen molar-refractivity contribution in [3.05, 3.63) is 34.3 Å². The van der Waals surface area contributed by atoms with Gasteiger partial charge in [-0.3, -0.25) is 4.79 Å². The summed E-state index contributed by atoms with van der Waals surface area (Å²) in [6, 6.07) is 8.09. The molecule has 0 heterocycles. The van der Waals surface area contributed by atoms with Gasteiger partial charge < -0.3 is 15.5 Å². The van der Waals surface area contributed by atoms with Crippen molar-refractivity contribution in [2.24, 2.45) is 10.9 Å². The van der Waals surface area contributed by atoms with Gasteiger partial charge in [-0.25, -0.2) is 4.99 Å². The molecule has 1 aromatic rings. The molecule has 1 aliphatic carbocycles. The van der Waals surface area contributed by atoms with Gasteiger partial charge >= 0.3 is 0 Å². The highest BCUT2D eigenvalue weighted by Gasteiger charge is 2.21. The number of amides is 1. The number of carbonyl (C=O) groups excluding carboxylic acids is 1. The molecular weight excluding hydrogens is 344 g/mol. The van der Waals surface area contributed by atoms with Crippen LogP contribution < -0.4 is 10.6 Å². The minimum Gasteiger partial charge on any atom is -0.356 e. The summed E-state index contributed by atoms with van der Waals surface area (Å²) in [5.74, 6) is 1.49. The molecule has 0 aromatic heterocycles. The Balaban J connectivity index is 1.90. The number of nitrogens with zero attached hydrogens (tertiary/aromatic N) is 2. The van der Waals surface area contributed by atoms with Crippen LogP contribution in [-0.2, 0) is 11.3 Å². The highest BCUT2D eigenvalue weighted by molar-refractivity contribution is 9.10. The first-order valence-corrected chi connectivity index (χ1v) is 8.30. The topological polar surface area (TPSA) is 56.7 Å². The normalized spacial score (nSPS) is 14.6. The van der Waals surface area contributed by atoms with Gasteiger partial charge in [0, 0.05) is 25.1 Å². The zero-order valence-corrected chi connectivity index (χ0v) is 14.7. The molecule has 0 spiro atoms. The van der Waals surface area contributed by atoms with Crippen LogP contribution in [0.25, 0.3) is 0 Å². The summed E-state index contributed by atoms with van der Waals surface area (Å²) in [7, 11) is 3.50. The van der Waals surface area contributed by atoms with Crippen LogP contribution in [0.5, 0.6) is 0 Å². The second-order valence-corrected chi connectivity index (χ2v) is 6.67. The summed E-state index contributed by atoms with van der Waals surface area (Å²) < 4.78 is 1.06. The average Bonchev–Trinajstić information content (AvgIpc) is 3.32. The maximum absolute atomic E-state index is 11.7. The number of aliphatic imine (C=N–C) groups is 1. The standard InChI is InChI=1S/C16H23BrN4O/c1-21(2)15(22)11-20-16(18-9-12-3-4-12)19-10-13-5-7-14(17)8-6-13/h5-8,12H,3-4,9-11H2,1-2H3,(H2,18,19,20). The smallest absolute Gasteiger partial charge is 0.241 e. The Morgan fingerprint density at radius 2 is 1.95 bits per heavy atom. The minimum absolute atomic E-state index is 0.0320. The fourth-order valence-electron chi connectivity index (χ4n) is 1.81. The van der Waals surface area contributed by atoms with E-state index in [4.69, 9.17) is 0 Å². The molecule has 120 valence electrons. The van der Waals surface area contributed by atoms with Crippen molar-refractivity contribution in [2.45, 2.75) is 19.4 Å². The third-order valence-electron chi connectivity index (χ3n) is 3.49. The molecule has 2 rings (SSSR count). The van der Waals surface area contributed by atoms with Crippen LogP contribution in [0.1, 0.15) is 18.4 Å². The second kappa shape index (κ2) is 8.17. The lowest BCUT2D eigenvalue weighted by Crippen LogP contribution is -2.43. The highest BCUT2D eigenvalue weighted by Crippen LogP contribution is 2.27. The van der Waals surface area contributed by atoms with Crippen LogP contribution in [0, 0.1) is 5.92 Å². The molecule has 1 fully saturated rings. The number of carbonyl (C=O) groups is 1. The first-order chi connectivity index (χ1) is 10.5. The maximum Gasteiger partial charge on any atom is 0.241 e. The monoisotopic (exact) mass is 366 g/mol. The number of rotatable bonds is 6. The number of hydrogen-bond acceptors (Lipinski definition) is 2. The van der Waals surface area contributed by atoms with Crippen molar-refractivity contribution in [1.82, 2.24) is 15.5 Å². The Kier molecular flexibility index (Phi) is 6.24. The predicted octanol–water partition coefficient (Wildman–Crippen LogP) is 1.98. The van der Waals surface area contributed by atoms with E-state index in [9.17, 15) is 4.79 Å². The molecule has 0 aliphatic heterocycles. The summed E-state index contributed by atoms with van der Waals surface area (Å²) in [5.41, 5.74) is 1.13. The van der Waals surface area contributed by atoms with Gasteiger partial charge in [-0.15, -0.1) is 0 Å². The lowest BCUT2D eigenvalue weighted by atomic mass is 10.2. The molecule has 0 saturated heterocycles. The van der Waals surface area contributed by atoms with Crippen molar-refractivity contribution in [2.75, 3.05) is 27.2 Å². The van der Waals surface area contributed by atoms with Crippen molar-refractivity contribution in [1.29, 1.82) is 0 Å². The van der Waals surface area contributed by atoms with E-state index in [1.807, 2.05) is 24.3 Å². The van der Waals surface area contributed by atoms with Crippen LogP contribution in [-0.4, -0.2) is 44.0 Å². The molecule has 0 bridgehead atoms. The van der Waals surface area contributed by atoms with Gasteiger partial charge in [0.25, 0.3) is 0 Å². The number of nitrogens with one attached hydrogen (secondary N) is 2. The number of likely N-dealkylation sites (N-methyl/N-ethyl adjacent to an activating group) is 1. The van der Waals surface area contributed by atoms with Crippen LogP contribution in [0.4, 0.5) is 0 Å². The van der Waals surface area contributed by atoms with E-state index in [0.29, 0.717) is 12.5 Å². The zero-order valence-electron chi connectivity index (χ0n) is 13.1. The Bertz CT molecular complexity index is 523. The van der Waals surface area contributed by atoms with Crippen molar-refractivity contribution < 1.29 is 4.79 Å². The Labute approximate surface area is 140 Å². The van der Waals surface area contributed by atoms with E-state index in [2.05, 4.69) is 31.6 Å². The van der Waals surface area contributed by atoms with E-state index in [-0.39, 0.29) is 12.5 Å². The van der Waals surface area contributed by atoms with E-state index in [0.717, 1.165) is 22.5 Å². The SMILES string of the molecule is CN(C)C(=O)CNC(=NCc1ccc(Br)cc1)NCC1CC1. The number of hydrogen-bond donors (Lipinski definition) is 2. The molecule has 1 aliphatic rings. The van der Waals surface area contributed by atoms with Gasteiger partial charge in [0.1, 0.15) is 0 Å². The highest BCUT2D eigenvalue weighted by atomic mass is 79.9. The van der Waals surface area contributed by atoms with Gasteiger partial charge in [-0.05, 0) is 36.5 Å². The third-order valence-corrected chi connectivity index (χ3v) is 4.02. The van der Waals surface area contributed by atoms with Gasteiger partial charge in [-0.2, -0.15) is 0 Å². The van der Waals surface area contributed by atoms with Gasteiger partial charge in [0.2, 0.25) is 5.91 Å². The van der Waals surface area contributed by atoms with Crippen molar-refractivity contribution >= 4 is 27.8 Å². The van der Waals surface area contributed by atoms with Crippen LogP contribution in [0.2, 0.25) is 0 Å². The fourth-order valence-corrected chi connectivity index (χ4v) is 2.08. The number of halogens is 1. The van der Waals surface area contributed by atoms with E-state index in [1.165, 1.54) is 12.8 Å². The van der Waals surface area contributed by atoms with Crippen LogP contribution in [0.15, 0.2) is 33.7 Å². The average molecular weight is 367 g/mol. The summed E-state index contributed by atoms with van der Waals surface area (Å²) in [4.78, 5) is 17.8. The largest absolute Gasteiger partial charge is 0.356 e.